The molecule has 0 N–H and O–H groups in total. The van der Waals surface area contributed by atoms with Gasteiger partial charge in [-0.2, -0.15) is 9.40 Å². The molecule has 31 heavy (non-hydrogen) atoms. The SMILES string of the molecule is CCc1nn(CC)c(=O)c2cc(S(=O)(=O)N3CCN(c4cccc(OC)c4)CC3)cn12. The molecule has 2 aromatic heterocycles. The monoisotopic (exact) mass is 445 g/mol. The van der Waals surface area contributed by atoms with E-state index in [2.05, 4.69) is 10.00 Å². The Labute approximate surface area is 181 Å². The zero-order valence-corrected chi connectivity index (χ0v) is 18.8. The second-order valence-electron chi connectivity index (χ2n) is 7.41. The number of piperazine rings is 1. The third-order valence-electron chi connectivity index (χ3n) is 5.67. The third-order valence-corrected chi connectivity index (χ3v) is 7.54. The van der Waals surface area contributed by atoms with Crippen molar-refractivity contribution in [1.29, 1.82) is 0 Å². The molecule has 1 aliphatic heterocycles. The van der Waals surface area contributed by atoms with Crippen LogP contribution < -0.4 is 15.2 Å². The Morgan fingerprint density at radius 1 is 1.10 bits per heavy atom. The van der Waals surface area contributed by atoms with Crippen LogP contribution >= 0.6 is 0 Å². The molecule has 0 radical (unpaired) electrons. The smallest absolute Gasteiger partial charge is 0.291 e. The Balaban J connectivity index is 1.60. The van der Waals surface area contributed by atoms with Gasteiger partial charge in [0.25, 0.3) is 5.56 Å². The maximum atomic E-state index is 13.3. The topological polar surface area (TPSA) is 89.1 Å². The second kappa shape index (κ2) is 8.35. The lowest BCUT2D eigenvalue weighted by Gasteiger charge is -2.35. The molecule has 0 unspecified atom stereocenters. The summed E-state index contributed by atoms with van der Waals surface area (Å²) < 4.78 is 36.4. The van der Waals surface area contributed by atoms with Gasteiger partial charge >= 0.3 is 0 Å². The lowest BCUT2D eigenvalue weighted by atomic mass is 10.2. The molecule has 4 rings (SSSR count). The van der Waals surface area contributed by atoms with Crippen LogP contribution in [0.4, 0.5) is 5.69 Å². The van der Waals surface area contributed by atoms with Gasteiger partial charge in [-0.25, -0.2) is 13.1 Å². The zero-order chi connectivity index (χ0) is 22.2. The number of fused-ring (bicyclic) bond motifs is 1. The predicted molar refractivity (Wildman–Crippen MR) is 118 cm³/mol. The summed E-state index contributed by atoms with van der Waals surface area (Å²) in [4.78, 5) is 14.9. The Hall–Kier alpha value is -2.85. The number of aryl methyl sites for hydroxylation is 2. The number of nitrogens with zero attached hydrogens (tertiary/aromatic N) is 5. The summed E-state index contributed by atoms with van der Waals surface area (Å²) in [6, 6.07) is 9.22. The number of rotatable bonds is 6. The minimum atomic E-state index is -3.72. The molecule has 0 aliphatic carbocycles. The molecule has 9 nitrogen and oxygen atoms in total. The molecular weight excluding hydrogens is 418 g/mol. The fourth-order valence-electron chi connectivity index (χ4n) is 3.92. The van der Waals surface area contributed by atoms with Crippen molar-refractivity contribution in [2.24, 2.45) is 0 Å². The van der Waals surface area contributed by atoms with E-state index in [1.54, 1.807) is 11.5 Å². The van der Waals surface area contributed by atoms with E-state index < -0.39 is 10.0 Å². The van der Waals surface area contributed by atoms with Gasteiger partial charge in [-0.3, -0.25) is 9.20 Å². The number of aromatic nitrogens is 3. The Morgan fingerprint density at radius 3 is 2.48 bits per heavy atom. The van der Waals surface area contributed by atoms with Gasteiger partial charge in [0.05, 0.1) is 7.11 Å². The summed E-state index contributed by atoms with van der Waals surface area (Å²) in [5.41, 5.74) is 1.05. The second-order valence-corrected chi connectivity index (χ2v) is 9.35. The summed E-state index contributed by atoms with van der Waals surface area (Å²) in [6.45, 7) is 6.08. The number of methoxy groups -OCH3 is 1. The van der Waals surface area contributed by atoms with Crippen molar-refractivity contribution < 1.29 is 13.2 Å². The third kappa shape index (κ3) is 3.81. The van der Waals surface area contributed by atoms with Crippen molar-refractivity contribution in [2.75, 3.05) is 38.2 Å². The molecule has 166 valence electrons. The summed E-state index contributed by atoms with van der Waals surface area (Å²) in [7, 11) is -2.09. The van der Waals surface area contributed by atoms with Gasteiger partial charge in [-0.15, -0.1) is 0 Å². The van der Waals surface area contributed by atoms with Crippen molar-refractivity contribution in [2.45, 2.75) is 31.7 Å². The van der Waals surface area contributed by atoms with Crippen LogP contribution in [0.25, 0.3) is 5.52 Å². The van der Waals surface area contributed by atoms with E-state index in [0.717, 1.165) is 11.4 Å². The number of hydrogen-bond donors (Lipinski definition) is 0. The molecule has 0 bridgehead atoms. The molecular formula is C21H27N5O4S. The number of hydrogen-bond acceptors (Lipinski definition) is 6. The highest BCUT2D eigenvalue weighted by Gasteiger charge is 2.30. The molecule has 0 saturated carbocycles. The van der Waals surface area contributed by atoms with E-state index in [9.17, 15) is 13.2 Å². The molecule has 0 spiro atoms. The predicted octanol–water partition coefficient (Wildman–Crippen LogP) is 1.60. The standard InChI is InChI=1S/C21H27N5O4S/c1-4-20-22-26(5-2)21(27)19-14-18(15-25(19)20)31(28,29)24-11-9-23(10-12-24)16-7-6-8-17(13-16)30-3/h6-8,13-15H,4-5,9-12H2,1-3H3. The van der Waals surface area contributed by atoms with Gasteiger partial charge in [0, 0.05) is 57.1 Å². The highest BCUT2D eigenvalue weighted by Crippen LogP contribution is 2.25. The fourth-order valence-corrected chi connectivity index (χ4v) is 5.36. The van der Waals surface area contributed by atoms with E-state index in [4.69, 9.17) is 4.74 Å². The molecule has 3 heterocycles. The minimum Gasteiger partial charge on any atom is -0.497 e. The van der Waals surface area contributed by atoms with Crippen LogP contribution in [-0.4, -0.2) is 60.2 Å². The fraction of sp³-hybridized carbons (Fsp3) is 0.429. The van der Waals surface area contributed by atoms with E-state index in [-0.39, 0.29) is 10.5 Å². The maximum absolute atomic E-state index is 13.3. The lowest BCUT2D eigenvalue weighted by molar-refractivity contribution is 0.384. The first kappa shape index (κ1) is 21.4. The van der Waals surface area contributed by atoms with E-state index in [0.29, 0.717) is 50.5 Å². The van der Waals surface area contributed by atoms with Gasteiger partial charge in [0.1, 0.15) is 22.0 Å². The number of anilines is 1. The van der Waals surface area contributed by atoms with Crippen molar-refractivity contribution in [3.8, 4) is 5.75 Å². The number of ether oxygens (including phenoxy) is 1. The van der Waals surface area contributed by atoms with Crippen LogP contribution in [0.2, 0.25) is 0 Å². The Morgan fingerprint density at radius 2 is 1.84 bits per heavy atom. The van der Waals surface area contributed by atoms with Crippen LogP contribution in [-0.2, 0) is 23.0 Å². The lowest BCUT2D eigenvalue weighted by Crippen LogP contribution is -2.48. The van der Waals surface area contributed by atoms with E-state index in [1.807, 2.05) is 38.1 Å². The molecule has 1 aromatic carbocycles. The van der Waals surface area contributed by atoms with Crippen LogP contribution in [0.15, 0.2) is 46.2 Å². The summed E-state index contributed by atoms with van der Waals surface area (Å²) in [6.07, 6.45) is 2.11. The molecule has 10 heteroatoms. The molecule has 1 saturated heterocycles. The number of benzene rings is 1. The van der Waals surface area contributed by atoms with Gasteiger partial charge < -0.3 is 9.64 Å². The largest absolute Gasteiger partial charge is 0.497 e. The Kier molecular flexibility index (Phi) is 5.76. The Bertz CT molecular complexity index is 1260. The highest BCUT2D eigenvalue weighted by molar-refractivity contribution is 7.89. The molecule has 1 fully saturated rings. The average molecular weight is 446 g/mol. The van der Waals surface area contributed by atoms with Crippen molar-refractivity contribution in [1.82, 2.24) is 18.5 Å². The average Bonchev–Trinajstić information content (AvgIpc) is 3.27. The van der Waals surface area contributed by atoms with Gasteiger partial charge in [-0.05, 0) is 25.1 Å². The highest BCUT2D eigenvalue weighted by atomic mass is 32.2. The van der Waals surface area contributed by atoms with Crippen LogP contribution in [0, 0.1) is 0 Å². The van der Waals surface area contributed by atoms with Crippen molar-refractivity contribution >= 4 is 21.2 Å². The minimum absolute atomic E-state index is 0.129. The zero-order valence-electron chi connectivity index (χ0n) is 18.0. The summed E-state index contributed by atoms with van der Waals surface area (Å²) >= 11 is 0. The quantitative estimate of drug-likeness (QED) is 0.573. The summed E-state index contributed by atoms with van der Waals surface area (Å²) in [5.74, 6) is 1.42. The maximum Gasteiger partial charge on any atom is 0.291 e. The first-order chi connectivity index (χ1) is 14.9. The van der Waals surface area contributed by atoms with Crippen molar-refractivity contribution in [3.63, 3.8) is 0 Å². The van der Waals surface area contributed by atoms with Gasteiger partial charge in [0.2, 0.25) is 10.0 Å². The van der Waals surface area contributed by atoms with E-state index >= 15 is 0 Å². The van der Waals surface area contributed by atoms with Gasteiger partial charge in [0.15, 0.2) is 0 Å². The first-order valence-electron chi connectivity index (χ1n) is 10.4. The molecule has 0 atom stereocenters. The molecule has 0 amide bonds. The van der Waals surface area contributed by atoms with Crippen LogP contribution in [0.1, 0.15) is 19.7 Å². The number of sulfonamides is 1. The normalized spacial score (nSPS) is 15.5. The molecule has 3 aromatic rings. The van der Waals surface area contributed by atoms with Crippen molar-refractivity contribution in [3.05, 3.63) is 52.7 Å². The summed E-state index contributed by atoms with van der Waals surface area (Å²) in [5, 5.41) is 4.34. The first-order valence-corrected chi connectivity index (χ1v) is 11.8. The molecule has 1 aliphatic rings. The van der Waals surface area contributed by atoms with Crippen LogP contribution in [0.3, 0.4) is 0 Å². The van der Waals surface area contributed by atoms with Crippen LogP contribution in [0.5, 0.6) is 5.75 Å². The van der Waals surface area contributed by atoms with Gasteiger partial charge in [-0.1, -0.05) is 13.0 Å². The van der Waals surface area contributed by atoms with E-state index in [1.165, 1.54) is 21.3 Å².